The Labute approximate surface area is 150 Å². The number of carbonyl (C=O) groups excluding carboxylic acids is 1. The molecular formula is C12H15F9O4S2. The molecule has 1 unspecified atom stereocenters. The lowest BCUT2D eigenvalue weighted by molar-refractivity contribution is -0.382. The monoisotopic (exact) mass is 458 g/mol. The number of halogens is 9. The minimum absolute atomic E-state index is 0.0304. The third kappa shape index (κ3) is 4.04. The molecule has 162 valence electrons. The first kappa shape index (κ1) is 24.3. The van der Waals surface area contributed by atoms with E-state index in [1.165, 1.54) is 0 Å². The normalized spacial score (nSPS) is 22.0. The highest BCUT2D eigenvalue weighted by Crippen LogP contribution is 2.59. The lowest BCUT2D eigenvalue weighted by Crippen LogP contribution is -2.63. The van der Waals surface area contributed by atoms with Gasteiger partial charge in [0, 0.05) is 6.42 Å². The minimum atomic E-state index is -7.36. The first-order valence-electron chi connectivity index (χ1n) is 7.13. The number of rotatable bonds is 6. The van der Waals surface area contributed by atoms with Crippen molar-refractivity contribution in [2.24, 2.45) is 0 Å². The van der Waals surface area contributed by atoms with Gasteiger partial charge in [-0.3, -0.25) is 4.79 Å². The Morgan fingerprint density at radius 1 is 0.889 bits per heavy atom. The Kier molecular flexibility index (Phi) is 6.28. The van der Waals surface area contributed by atoms with Crippen molar-refractivity contribution < 1.29 is 56.4 Å². The van der Waals surface area contributed by atoms with Crippen molar-refractivity contribution in [3.05, 3.63) is 0 Å². The molecule has 0 aromatic carbocycles. The molecule has 0 saturated heterocycles. The Bertz CT molecular complexity index is 685. The van der Waals surface area contributed by atoms with E-state index in [1.807, 2.05) is 0 Å². The molecule has 1 rings (SSSR count). The molecule has 1 aliphatic rings. The summed E-state index contributed by atoms with van der Waals surface area (Å²) in [7, 11) is -10.4. The van der Waals surface area contributed by atoms with E-state index in [2.05, 4.69) is 3.63 Å². The van der Waals surface area contributed by atoms with Gasteiger partial charge in [-0.25, -0.2) is 3.63 Å². The fraction of sp³-hybridized carbons (Fsp3) is 0.917. The van der Waals surface area contributed by atoms with Gasteiger partial charge in [-0.05, 0) is 25.4 Å². The summed E-state index contributed by atoms with van der Waals surface area (Å²) in [4.78, 5) is 11.8. The summed E-state index contributed by atoms with van der Waals surface area (Å²) in [6, 6.07) is 0. The summed E-state index contributed by atoms with van der Waals surface area (Å²) < 4.78 is 143. The largest absolute Gasteiger partial charge is 0.460 e. The molecule has 0 aliphatic heterocycles. The molecule has 0 aromatic heterocycles. The van der Waals surface area contributed by atoms with Crippen molar-refractivity contribution in [2.45, 2.75) is 54.2 Å². The van der Waals surface area contributed by atoms with Crippen molar-refractivity contribution in [1.29, 1.82) is 0 Å². The zero-order valence-electron chi connectivity index (χ0n) is 13.8. The number of alkyl halides is 9. The van der Waals surface area contributed by atoms with Gasteiger partial charge in [-0.15, -0.1) is 10.3 Å². The fourth-order valence-electron chi connectivity index (χ4n) is 2.39. The van der Waals surface area contributed by atoms with E-state index in [9.17, 15) is 52.7 Å². The Morgan fingerprint density at radius 2 is 1.37 bits per heavy atom. The topological polar surface area (TPSA) is 60.4 Å². The highest BCUT2D eigenvalue weighted by Gasteiger charge is 2.86. The van der Waals surface area contributed by atoms with Gasteiger partial charge < -0.3 is 0 Å². The average molecular weight is 458 g/mol. The summed E-state index contributed by atoms with van der Waals surface area (Å²) in [5.41, 5.74) is 0. The van der Waals surface area contributed by atoms with Crippen LogP contribution in [0.25, 0.3) is 0 Å². The van der Waals surface area contributed by atoms with E-state index in [0.29, 0.717) is 12.8 Å². The number of Topliss-reactive ketones (excluding diaryl/α,β-unsaturated/α-hetero) is 1. The van der Waals surface area contributed by atoms with Crippen LogP contribution in [-0.2, 0) is 18.5 Å². The Morgan fingerprint density at radius 3 is 1.78 bits per heavy atom. The standard InChI is InChI=1S/C12H15F9O4S2/c1-26(2,8-6-4-3-5-7(8)22)25-27(23,24)12(20,21)10(15,16)9(13,14)11(17,18)19/h8H,3-6H2,1-2H3. The number of carbonyl (C=O) groups is 1. The predicted octanol–water partition coefficient (Wildman–Crippen LogP) is 4.25. The van der Waals surface area contributed by atoms with Crippen molar-refractivity contribution in [3.8, 4) is 0 Å². The van der Waals surface area contributed by atoms with Gasteiger partial charge in [0.15, 0.2) is 0 Å². The maximum atomic E-state index is 13.7. The molecule has 0 bridgehead atoms. The van der Waals surface area contributed by atoms with Gasteiger partial charge in [0.2, 0.25) is 0 Å². The zero-order chi connectivity index (χ0) is 21.7. The third-order valence-corrected chi connectivity index (χ3v) is 8.75. The van der Waals surface area contributed by atoms with Crippen LogP contribution in [0.3, 0.4) is 0 Å². The van der Waals surface area contributed by atoms with Gasteiger partial charge in [0.25, 0.3) is 0 Å². The Balaban J connectivity index is 3.30. The first-order valence-corrected chi connectivity index (χ1v) is 11.0. The molecule has 1 aliphatic carbocycles. The molecule has 1 atom stereocenters. The second kappa shape index (κ2) is 6.97. The van der Waals surface area contributed by atoms with Crippen LogP contribution in [0.1, 0.15) is 25.7 Å². The van der Waals surface area contributed by atoms with Crippen LogP contribution < -0.4 is 0 Å². The van der Waals surface area contributed by atoms with Gasteiger partial charge in [-0.2, -0.15) is 47.9 Å². The third-order valence-electron chi connectivity index (χ3n) is 3.88. The van der Waals surface area contributed by atoms with E-state index in [-0.39, 0.29) is 12.8 Å². The van der Waals surface area contributed by atoms with Crippen LogP contribution in [0.15, 0.2) is 0 Å². The maximum Gasteiger partial charge on any atom is 0.460 e. The number of ketones is 1. The second-order valence-corrected chi connectivity index (χ2v) is 11.3. The summed E-state index contributed by atoms with van der Waals surface area (Å²) in [5, 5.41) is -8.19. The van der Waals surface area contributed by atoms with E-state index in [1.54, 1.807) is 0 Å². The molecule has 27 heavy (non-hydrogen) atoms. The van der Waals surface area contributed by atoms with Crippen LogP contribution in [-0.4, -0.2) is 55.2 Å². The van der Waals surface area contributed by atoms with E-state index in [4.69, 9.17) is 0 Å². The molecule has 0 N–H and O–H groups in total. The lowest BCUT2D eigenvalue weighted by atomic mass is 9.99. The van der Waals surface area contributed by atoms with Crippen LogP contribution in [0.5, 0.6) is 0 Å². The molecule has 1 fully saturated rings. The molecule has 0 spiro atoms. The minimum Gasteiger partial charge on any atom is -0.298 e. The summed E-state index contributed by atoms with van der Waals surface area (Å²) in [6.45, 7) is 0. The zero-order valence-corrected chi connectivity index (χ0v) is 15.4. The smallest absolute Gasteiger partial charge is 0.298 e. The average Bonchev–Trinajstić information content (AvgIpc) is 2.44. The molecule has 1 saturated carbocycles. The highest BCUT2D eigenvalue weighted by atomic mass is 32.3. The number of hydrogen-bond acceptors (Lipinski definition) is 4. The van der Waals surface area contributed by atoms with Crippen molar-refractivity contribution >= 4 is 26.2 Å². The summed E-state index contributed by atoms with van der Waals surface area (Å²) in [5.74, 6) is -15.3. The molecule has 0 heterocycles. The molecule has 0 amide bonds. The van der Waals surface area contributed by atoms with E-state index < -0.39 is 54.7 Å². The predicted molar refractivity (Wildman–Crippen MR) is 77.6 cm³/mol. The van der Waals surface area contributed by atoms with Gasteiger partial charge in [0.05, 0.1) is 5.25 Å². The highest BCUT2D eigenvalue weighted by molar-refractivity contribution is 8.33. The van der Waals surface area contributed by atoms with Crippen LogP contribution in [0, 0.1) is 0 Å². The van der Waals surface area contributed by atoms with Gasteiger partial charge in [-0.1, -0.05) is 6.42 Å². The van der Waals surface area contributed by atoms with Crippen molar-refractivity contribution in [2.75, 3.05) is 12.5 Å². The molecule has 0 aromatic rings. The van der Waals surface area contributed by atoms with E-state index >= 15 is 0 Å². The second-order valence-electron chi connectivity index (χ2n) is 6.20. The summed E-state index contributed by atoms with van der Waals surface area (Å²) in [6.07, 6.45) is -4.81. The van der Waals surface area contributed by atoms with Crippen LogP contribution >= 0.6 is 10.3 Å². The SMILES string of the molecule is CS(C)(OS(=O)(=O)C(F)(F)C(F)(F)C(F)(F)C(F)(F)F)C1CCCCC1=O. The summed E-state index contributed by atoms with van der Waals surface area (Å²) >= 11 is 0. The quantitative estimate of drug-likeness (QED) is 0.559. The van der Waals surface area contributed by atoms with Gasteiger partial charge >= 0.3 is 33.4 Å². The first-order chi connectivity index (χ1) is 11.7. The molecule has 15 heteroatoms. The fourth-order valence-corrected chi connectivity index (χ4v) is 6.89. The maximum absolute atomic E-state index is 13.7. The van der Waals surface area contributed by atoms with E-state index in [0.717, 1.165) is 12.5 Å². The molecular weight excluding hydrogens is 443 g/mol. The van der Waals surface area contributed by atoms with Crippen LogP contribution in [0.2, 0.25) is 0 Å². The molecule has 4 nitrogen and oxygen atoms in total. The Hall–Kier alpha value is -0.700. The lowest BCUT2D eigenvalue weighted by Gasteiger charge is -2.41. The molecule has 0 radical (unpaired) electrons. The van der Waals surface area contributed by atoms with Crippen molar-refractivity contribution in [3.63, 3.8) is 0 Å². The van der Waals surface area contributed by atoms with Crippen LogP contribution in [0.4, 0.5) is 39.5 Å². The van der Waals surface area contributed by atoms with Crippen molar-refractivity contribution in [1.82, 2.24) is 0 Å². The number of hydrogen-bond donors (Lipinski definition) is 0. The van der Waals surface area contributed by atoms with Gasteiger partial charge in [0.1, 0.15) is 5.78 Å².